The summed E-state index contributed by atoms with van der Waals surface area (Å²) in [7, 11) is 1.83. The smallest absolute Gasteiger partial charge is 0.347 e. The van der Waals surface area contributed by atoms with E-state index in [1.54, 1.807) is 10.8 Å². The summed E-state index contributed by atoms with van der Waals surface area (Å²) >= 11 is 0. The van der Waals surface area contributed by atoms with Crippen LogP contribution in [0.1, 0.15) is 11.1 Å². The van der Waals surface area contributed by atoms with E-state index in [4.69, 9.17) is 0 Å². The van der Waals surface area contributed by atoms with Crippen molar-refractivity contribution in [3.63, 3.8) is 0 Å². The quantitative estimate of drug-likeness (QED) is 0.799. The average Bonchev–Trinajstić information content (AvgIpc) is 2.50. The van der Waals surface area contributed by atoms with Gasteiger partial charge in [-0.05, 0) is 24.6 Å². The fourth-order valence-corrected chi connectivity index (χ4v) is 2.36. The Labute approximate surface area is 122 Å². The minimum Gasteiger partial charge on any atom is -0.373 e. The van der Waals surface area contributed by atoms with Crippen molar-refractivity contribution in [3.8, 4) is 0 Å². The van der Waals surface area contributed by atoms with Gasteiger partial charge in [0.15, 0.2) is 0 Å². The molecule has 1 N–H and O–H groups in total. The van der Waals surface area contributed by atoms with Gasteiger partial charge in [-0.2, -0.15) is 0 Å². The predicted molar refractivity (Wildman–Crippen MR) is 83.6 cm³/mol. The standard InChI is InChI=1S/C16H16N4O/c1-11-8-18-16(21)20(9-11)10-13-7-12-5-3-4-6-14(12)19-15(13)17-2/h3-9H,10H2,1-2H3,(H,17,19). The lowest BCUT2D eigenvalue weighted by molar-refractivity contribution is 0.721. The Morgan fingerprint density at radius 2 is 2.10 bits per heavy atom. The molecule has 3 aromatic rings. The molecule has 0 fully saturated rings. The van der Waals surface area contributed by atoms with Crippen LogP contribution >= 0.6 is 0 Å². The van der Waals surface area contributed by atoms with Crippen LogP contribution < -0.4 is 11.0 Å². The van der Waals surface area contributed by atoms with Gasteiger partial charge < -0.3 is 5.32 Å². The summed E-state index contributed by atoms with van der Waals surface area (Å²) in [4.78, 5) is 20.3. The highest BCUT2D eigenvalue weighted by Crippen LogP contribution is 2.20. The molecule has 0 saturated carbocycles. The summed E-state index contributed by atoms with van der Waals surface area (Å²) in [5, 5.41) is 4.15. The van der Waals surface area contributed by atoms with E-state index in [2.05, 4.69) is 21.4 Å². The lowest BCUT2D eigenvalue weighted by atomic mass is 10.1. The maximum Gasteiger partial charge on any atom is 0.347 e. The average molecular weight is 280 g/mol. The number of pyridine rings is 1. The number of anilines is 1. The van der Waals surface area contributed by atoms with E-state index in [-0.39, 0.29) is 5.69 Å². The largest absolute Gasteiger partial charge is 0.373 e. The molecule has 1 aromatic carbocycles. The van der Waals surface area contributed by atoms with Crippen molar-refractivity contribution in [2.24, 2.45) is 0 Å². The van der Waals surface area contributed by atoms with Crippen LogP contribution in [0.3, 0.4) is 0 Å². The van der Waals surface area contributed by atoms with Crippen molar-refractivity contribution in [2.45, 2.75) is 13.5 Å². The normalized spacial score (nSPS) is 10.8. The molecule has 2 heterocycles. The molecule has 5 nitrogen and oxygen atoms in total. The Morgan fingerprint density at radius 3 is 2.90 bits per heavy atom. The van der Waals surface area contributed by atoms with Crippen LogP contribution in [0.15, 0.2) is 47.5 Å². The zero-order chi connectivity index (χ0) is 14.8. The molecule has 0 bridgehead atoms. The van der Waals surface area contributed by atoms with Crippen molar-refractivity contribution in [1.82, 2.24) is 14.5 Å². The number of hydrogen-bond acceptors (Lipinski definition) is 4. The van der Waals surface area contributed by atoms with Crippen molar-refractivity contribution in [2.75, 3.05) is 12.4 Å². The third kappa shape index (κ3) is 2.63. The van der Waals surface area contributed by atoms with Crippen molar-refractivity contribution in [3.05, 3.63) is 64.3 Å². The second-order valence-electron chi connectivity index (χ2n) is 4.98. The summed E-state index contributed by atoms with van der Waals surface area (Å²) in [6, 6.07) is 9.99. The molecule has 0 aliphatic heterocycles. The summed E-state index contributed by atoms with van der Waals surface area (Å²) < 4.78 is 1.60. The van der Waals surface area contributed by atoms with Crippen LogP contribution in [0.2, 0.25) is 0 Å². The predicted octanol–water partition coefficient (Wildman–Crippen LogP) is 2.19. The van der Waals surface area contributed by atoms with E-state index >= 15 is 0 Å². The summed E-state index contributed by atoms with van der Waals surface area (Å²) in [6.45, 7) is 2.36. The molecule has 0 unspecified atom stereocenters. The minimum absolute atomic E-state index is 0.254. The Hall–Kier alpha value is -2.69. The van der Waals surface area contributed by atoms with Gasteiger partial charge in [-0.1, -0.05) is 18.2 Å². The Morgan fingerprint density at radius 1 is 1.29 bits per heavy atom. The Kier molecular flexibility index (Phi) is 3.39. The second-order valence-corrected chi connectivity index (χ2v) is 4.98. The molecule has 2 aromatic heterocycles. The first-order chi connectivity index (χ1) is 10.2. The van der Waals surface area contributed by atoms with Crippen LogP contribution in [-0.2, 0) is 6.54 Å². The van der Waals surface area contributed by atoms with E-state index in [0.717, 1.165) is 27.8 Å². The molecule has 0 radical (unpaired) electrons. The lowest BCUT2D eigenvalue weighted by Gasteiger charge is -2.11. The first-order valence-corrected chi connectivity index (χ1v) is 6.77. The molecule has 0 aliphatic rings. The number of aryl methyl sites for hydroxylation is 1. The highest BCUT2D eigenvalue weighted by atomic mass is 16.1. The molecule has 21 heavy (non-hydrogen) atoms. The van der Waals surface area contributed by atoms with E-state index < -0.39 is 0 Å². The molecular formula is C16H16N4O. The lowest BCUT2D eigenvalue weighted by Crippen LogP contribution is -2.23. The second kappa shape index (κ2) is 5.36. The summed E-state index contributed by atoms with van der Waals surface area (Å²) in [5.41, 5.74) is 2.59. The molecule has 0 aliphatic carbocycles. The first-order valence-electron chi connectivity index (χ1n) is 6.77. The molecule has 0 saturated heterocycles. The number of rotatable bonds is 3. The zero-order valence-electron chi connectivity index (χ0n) is 12.0. The summed E-state index contributed by atoms with van der Waals surface area (Å²) in [6.07, 6.45) is 3.39. The number of benzene rings is 1. The van der Waals surface area contributed by atoms with Gasteiger partial charge in [-0.25, -0.2) is 14.8 Å². The van der Waals surface area contributed by atoms with Crippen molar-refractivity contribution < 1.29 is 0 Å². The van der Waals surface area contributed by atoms with Gasteiger partial charge >= 0.3 is 5.69 Å². The molecule has 0 spiro atoms. The number of fused-ring (bicyclic) bond motifs is 1. The number of nitrogens with one attached hydrogen (secondary N) is 1. The van der Waals surface area contributed by atoms with Gasteiger partial charge in [-0.15, -0.1) is 0 Å². The summed E-state index contributed by atoms with van der Waals surface area (Å²) in [5.74, 6) is 0.780. The number of hydrogen-bond donors (Lipinski definition) is 1. The van der Waals surface area contributed by atoms with Crippen LogP contribution in [-0.4, -0.2) is 21.6 Å². The Bertz CT molecular complexity index is 854. The van der Waals surface area contributed by atoms with Crippen molar-refractivity contribution in [1.29, 1.82) is 0 Å². The monoisotopic (exact) mass is 280 g/mol. The highest BCUT2D eigenvalue weighted by molar-refractivity contribution is 5.81. The maximum absolute atomic E-state index is 11.9. The third-order valence-electron chi connectivity index (χ3n) is 3.36. The fourth-order valence-electron chi connectivity index (χ4n) is 2.36. The first kappa shape index (κ1) is 13.3. The SMILES string of the molecule is CNc1nc2ccccc2cc1Cn1cc(C)cnc1=O. The van der Waals surface area contributed by atoms with Crippen LogP contribution in [0.25, 0.3) is 10.9 Å². The molecule has 5 heteroatoms. The number of nitrogens with zero attached hydrogens (tertiary/aromatic N) is 3. The molecule has 0 amide bonds. The topological polar surface area (TPSA) is 59.8 Å². The third-order valence-corrected chi connectivity index (χ3v) is 3.36. The molecule has 0 atom stereocenters. The molecule has 106 valence electrons. The van der Waals surface area contributed by atoms with Gasteiger partial charge in [0.25, 0.3) is 0 Å². The number of aromatic nitrogens is 3. The number of para-hydroxylation sites is 1. The molecule has 3 rings (SSSR count). The van der Waals surface area contributed by atoms with Gasteiger partial charge in [0.2, 0.25) is 0 Å². The van der Waals surface area contributed by atoms with Crippen LogP contribution in [0.4, 0.5) is 5.82 Å². The van der Waals surface area contributed by atoms with E-state index in [1.807, 2.05) is 44.4 Å². The van der Waals surface area contributed by atoms with E-state index in [9.17, 15) is 4.79 Å². The maximum atomic E-state index is 11.9. The van der Waals surface area contributed by atoms with E-state index in [1.165, 1.54) is 0 Å². The minimum atomic E-state index is -0.254. The highest BCUT2D eigenvalue weighted by Gasteiger charge is 2.07. The van der Waals surface area contributed by atoms with Gasteiger partial charge in [-0.3, -0.25) is 4.57 Å². The fraction of sp³-hybridized carbons (Fsp3) is 0.188. The molecular weight excluding hydrogens is 264 g/mol. The zero-order valence-corrected chi connectivity index (χ0v) is 12.0. The van der Waals surface area contributed by atoms with Gasteiger partial charge in [0.05, 0.1) is 12.1 Å². The van der Waals surface area contributed by atoms with Crippen molar-refractivity contribution >= 4 is 16.7 Å². The van der Waals surface area contributed by atoms with Crippen LogP contribution in [0.5, 0.6) is 0 Å². The van der Waals surface area contributed by atoms with Gasteiger partial charge in [0.1, 0.15) is 5.82 Å². The Balaban J connectivity index is 2.10. The van der Waals surface area contributed by atoms with Crippen LogP contribution in [0, 0.1) is 6.92 Å². The van der Waals surface area contributed by atoms with E-state index in [0.29, 0.717) is 6.54 Å². The van der Waals surface area contributed by atoms with Gasteiger partial charge in [0, 0.05) is 30.4 Å².